The summed E-state index contributed by atoms with van der Waals surface area (Å²) in [7, 11) is 0. The fourth-order valence-corrected chi connectivity index (χ4v) is 2.43. The first-order chi connectivity index (χ1) is 9.54. The predicted molar refractivity (Wildman–Crippen MR) is 77.9 cm³/mol. The van der Waals surface area contributed by atoms with Gasteiger partial charge in [0.25, 0.3) is 0 Å². The molecule has 1 aromatic carbocycles. The van der Waals surface area contributed by atoms with E-state index in [0.717, 1.165) is 17.5 Å². The molecule has 2 rings (SSSR count). The van der Waals surface area contributed by atoms with Crippen LogP contribution in [0.5, 0.6) is 0 Å². The molecule has 5 nitrogen and oxygen atoms in total. The van der Waals surface area contributed by atoms with E-state index in [1.807, 2.05) is 32.0 Å². The van der Waals surface area contributed by atoms with Gasteiger partial charge in [-0.25, -0.2) is 0 Å². The van der Waals surface area contributed by atoms with E-state index in [9.17, 15) is 9.59 Å². The van der Waals surface area contributed by atoms with Crippen molar-refractivity contribution in [2.24, 2.45) is 0 Å². The maximum atomic E-state index is 12.1. The van der Waals surface area contributed by atoms with E-state index >= 15 is 0 Å². The van der Waals surface area contributed by atoms with Gasteiger partial charge in [-0.15, -0.1) is 0 Å². The third kappa shape index (κ3) is 2.76. The van der Waals surface area contributed by atoms with Crippen LogP contribution in [0.4, 0.5) is 5.69 Å². The van der Waals surface area contributed by atoms with Gasteiger partial charge in [0.2, 0.25) is 0 Å². The number of carbonyl (C=O) groups excluding carboxylic acids is 2. The monoisotopic (exact) mass is 275 g/mol. The van der Waals surface area contributed by atoms with E-state index in [4.69, 9.17) is 5.73 Å². The Bertz CT molecular complexity index is 528. The number of piperazine rings is 1. The highest BCUT2D eigenvalue weighted by molar-refractivity contribution is 6.35. The lowest BCUT2D eigenvalue weighted by Crippen LogP contribution is -2.54. The lowest BCUT2D eigenvalue weighted by Gasteiger charge is -2.34. The van der Waals surface area contributed by atoms with Gasteiger partial charge >= 0.3 is 11.8 Å². The maximum absolute atomic E-state index is 12.1. The van der Waals surface area contributed by atoms with Gasteiger partial charge in [-0.1, -0.05) is 19.1 Å². The van der Waals surface area contributed by atoms with E-state index in [1.165, 1.54) is 0 Å². The van der Waals surface area contributed by atoms with Gasteiger partial charge in [0.1, 0.15) is 0 Å². The fourth-order valence-electron chi connectivity index (χ4n) is 2.43. The smallest absolute Gasteiger partial charge is 0.312 e. The van der Waals surface area contributed by atoms with E-state index in [-0.39, 0.29) is 5.91 Å². The number of nitrogens with two attached hydrogens (primary N) is 1. The van der Waals surface area contributed by atoms with Gasteiger partial charge in [-0.3, -0.25) is 9.59 Å². The van der Waals surface area contributed by atoms with E-state index in [0.29, 0.717) is 31.9 Å². The van der Waals surface area contributed by atoms with Crippen LogP contribution in [0.1, 0.15) is 24.5 Å². The minimum absolute atomic E-state index is 0.389. The van der Waals surface area contributed by atoms with Crippen molar-refractivity contribution < 1.29 is 9.59 Å². The zero-order valence-corrected chi connectivity index (χ0v) is 12.1. The molecule has 20 heavy (non-hydrogen) atoms. The molecular weight excluding hydrogens is 254 g/mol. The van der Waals surface area contributed by atoms with Crippen LogP contribution in [0.25, 0.3) is 0 Å². The number of anilines is 1. The van der Waals surface area contributed by atoms with Crippen molar-refractivity contribution in [2.75, 3.05) is 25.4 Å². The zero-order valence-electron chi connectivity index (χ0n) is 12.1. The Morgan fingerprint density at radius 3 is 2.50 bits per heavy atom. The molecule has 2 amide bonds. The molecule has 1 aliphatic heterocycles. The molecule has 0 radical (unpaired) electrons. The van der Waals surface area contributed by atoms with Gasteiger partial charge in [0, 0.05) is 31.9 Å². The van der Waals surface area contributed by atoms with Crippen LogP contribution in [0.15, 0.2) is 18.2 Å². The summed E-state index contributed by atoms with van der Waals surface area (Å²) in [6.45, 7) is 6.22. The SMILES string of the molecule is CCCN1CCN(Cc2cccc(N)c2C)C(=O)C1=O. The molecule has 1 saturated heterocycles. The molecular formula is C15H21N3O2. The summed E-state index contributed by atoms with van der Waals surface area (Å²) in [6.07, 6.45) is 0.868. The second-order valence-corrected chi connectivity index (χ2v) is 5.15. The molecule has 108 valence electrons. The summed E-state index contributed by atoms with van der Waals surface area (Å²) in [6, 6.07) is 5.66. The summed E-state index contributed by atoms with van der Waals surface area (Å²) in [5.41, 5.74) is 8.56. The van der Waals surface area contributed by atoms with Crippen molar-refractivity contribution in [3.63, 3.8) is 0 Å². The van der Waals surface area contributed by atoms with Crippen molar-refractivity contribution in [3.05, 3.63) is 29.3 Å². The van der Waals surface area contributed by atoms with Crippen molar-refractivity contribution in [2.45, 2.75) is 26.8 Å². The normalized spacial score (nSPS) is 15.9. The number of hydrogen-bond donors (Lipinski definition) is 1. The number of benzene rings is 1. The largest absolute Gasteiger partial charge is 0.399 e. The van der Waals surface area contributed by atoms with Crippen molar-refractivity contribution in [3.8, 4) is 0 Å². The highest BCUT2D eigenvalue weighted by atomic mass is 16.2. The summed E-state index contributed by atoms with van der Waals surface area (Å²) in [5.74, 6) is -0.800. The number of amides is 2. The molecule has 0 atom stereocenters. The van der Waals surface area contributed by atoms with Crippen LogP contribution >= 0.6 is 0 Å². The number of carbonyl (C=O) groups is 2. The predicted octanol–water partition coefficient (Wildman–Crippen LogP) is 1.16. The summed E-state index contributed by atoms with van der Waals surface area (Å²) in [4.78, 5) is 27.3. The Balaban J connectivity index is 2.10. The van der Waals surface area contributed by atoms with Crippen LogP contribution in [0.3, 0.4) is 0 Å². The average molecular weight is 275 g/mol. The van der Waals surface area contributed by atoms with E-state index < -0.39 is 5.91 Å². The second kappa shape index (κ2) is 5.94. The Morgan fingerprint density at radius 2 is 1.80 bits per heavy atom. The van der Waals surface area contributed by atoms with Gasteiger partial charge in [0.05, 0.1) is 0 Å². The van der Waals surface area contributed by atoms with Crippen molar-refractivity contribution in [1.29, 1.82) is 0 Å². The third-order valence-electron chi connectivity index (χ3n) is 3.74. The standard InChI is InChI=1S/C15H21N3O2/c1-3-7-17-8-9-18(15(20)14(17)19)10-12-5-4-6-13(16)11(12)2/h4-6H,3,7-10,16H2,1-2H3. The molecule has 5 heteroatoms. The Hall–Kier alpha value is -2.04. The average Bonchev–Trinajstić information content (AvgIpc) is 2.43. The van der Waals surface area contributed by atoms with Crippen LogP contribution in [0.2, 0.25) is 0 Å². The van der Waals surface area contributed by atoms with Crippen LogP contribution < -0.4 is 5.73 Å². The van der Waals surface area contributed by atoms with Crippen molar-refractivity contribution >= 4 is 17.5 Å². The van der Waals surface area contributed by atoms with E-state index in [1.54, 1.807) is 9.80 Å². The van der Waals surface area contributed by atoms with Gasteiger partial charge in [-0.2, -0.15) is 0 Å². The number of hydrogen-bond acceptors (Lipinski definition) is 3. The first-order valence-corrected chi connectivity index (χ1v) is 6.96. The highest BCUT2D eigenvalue weighted by Crippen LogP contribution is 2.18. The molecule has 0 aliphatic carbocycles. The second-order valence-electron chi connectivity index (χ2n) is 5.15. The van der Waals surface area contributed by atoms with Gasteiger partial charge in [-0.05, 0) is 30.5 Å². The van der Waals surface area contributed by atoms with Crippen LogP contribution in [0, 0.1) is 6.92 Å². The lowest BCUT2D eigenvalue weighted by molar-refractivity contribution is -0.156. The lowest BCUT2D eigenvalue weighted by atomic mass is 10.1. The molecule has 1 fully saturated rings. The van der Waals surface area contributed by atoms with Crippen LogP contribution in [-0.2, 0) is 16.1 Å². The first kappa shape index (κ1) is 14.4. The number of nitrogens with zero attached hydrogens (tertiary/aromatic N) is 2. The minimum atomic E-state index is -0.411. The van der Waals surface area contributed by atoms with Crippen molar-refractivity contribution in [1.82, 2.24) is 9.80 Å². The molecule has 0 spiro atoms. The number of rotatable bonds is 4. The zero-order chi connectivity index (χ0) is 14.7. The van der Waals surface area contributed by atoms with Crippen LogP contribution in [-0.4, -0.2) is 41.2 Å². The molecule has 0 saturated carbocycles. The third-order valence-corrected chi connectivity index (χ3v) is 3.74. The molecule has 0 aromatic heterocycles. The summed E-state index contributed by atoms with van der Waals surface area (Å²) in [5, 5.41) is 0. The fraction of sp³-hybridized carbons (Fsp3) is 0.467. The molecule has 2 N–H and O–H groups in total. The number of nitrogen functional groups attached to an aromatic ring is 1. The minimum Gasteiger partial charge on any atom is -0.399 e. The Kier molecular flexibility index (Phi) is 4.27. The van der Waals surface area contributed by atoms with Gasteiger partial charge in [0.15, 0.2) is 0 Å². The molecule has 1 aliphatic rings. The van der Waals surface area contributed by atoms with Gasteiger partial charge < -0.3 is 15.5 Å². The van der Waals surface area contributed by atoms with E-state index in [2.05, 4.69) is 0 Å². The summed E-state index contributed by atoms with van der Waals surface area (Å²) >= 11 is 0. The molecule has 0 unspecified atom stereocenters. The Morgan fingerprint density at radius 1 is 1.15 bits per heavy atom. The molecule has 0 bridgehead atoms. The summed E-state index contributed by atoms with van der Waals surface area (Å²) < 4.78 is 0. The highest BCUT2D eigenvalue weighted by Gasteiger charge is 2.31. The molecule has 1 aromatic rings. The quantitative estimate of drug-likeness (QED) is 0.662. The topological polar surface area (TPSA) is 66.6 Å². The Labute approximate surface area is 119 Å². The maximum Gasteiger partial charge on any atom is 0.312 e. The first-order valence-electron chi connectivity index (χ1n) is 6.96. The molecule has 1 heterocycles.